The van der Waals surface area contributed by atoms with Crippen molar-refractivity contribution in [3.8, 4) is 11.5 Å². The van der Waals surface area contributed by atoms with E-state index in [0.717, 1.165) is 22.9 Å². The van der Waals surface area contributed by atoms with E-state index < -0.39 is 20.0 Å². The van der Waals surface area contributed by atoms with Gasteiger partial charge in [0.25, 0.3) is 0 Å². The molecule has 0 aliphatic rings. The smallest absolute Gasteiger partial charge is 0.366 e. The fourth-order valence-electron chi connectivity index (χ4n) is 1.67. The minimum absolute atomic E-state index is 0.0791. The molecule has 2 aromatic rings. The molecule has 8 N–H and O–H groups in total. The van der Waals surface area contributed by atoms with Crippen LogP contribution in [0.25, 0.3) is 0 Å². The van der Waals surface area contributed by atoms with Crippen LogP contribution >= 0.6 is 0 Å². The van der Waals surface area contributed by atoms with Crippen LogP contribution in [0.3, 0.4) is 0 Å². The predicted octanol–water partition coefficient (Wildman–Crippen LogP) is -0.368. The molecule has 0 heterocycles. The number of hydrogen-bond donors (Lipinski definition) is 4. The van der Waals surface area contributed by atoms with Crippen LogP contribution in [0, 0.1) is 0 Å². The van der Waals surface area contributed by atoms with Crippen molar-refractivity contribution in [1.29, 1.82) is 0 Å². The van der Waals surface area contributed by atoms with Gasteiger partial charge in [0.15, 0.2) is 0 Å². The molecule has 1 atom stereocenters. The van der Waals surface area contributed by atoms with Crippen LogP contribution in [0.2, 0.25) is 0 Å². The van der Waals surface area contributed by atoms with Gasteiger partial charge in [-0.1, -0.05) is 0 Å². The second-order valence-electron chi connectivity index (χ2n) is 5.57. The van der Waals surface area contributed by atoms with E-state index in [9.17, 15) is 0 Å². The molecular weight excluding hydrogens is 380 g/mol. The Hall–Kier alpha value is -2.09. The molecule has 2 aromatic carbocycles. The third-order valence-electron chi connectivity index (χ3n) is 3.24. The largest absolute Gasteiger partial charge is 0.525 e. The van der Waals surface area contributed by atoms with E-state index in [1.807, 2.05) is 31.2 Å². The Labute approximate surface area is 165 Å². The molecule has 0 saturated carbocycles. The third-order valence-corrected chi connectivity index (χ3v) is 5.30. The van der Waals surface area contributed by atoms with Gasteiger partial charge in [-0.25, -0.2) is 0 Å². The van der Waals surface area contributed by atoms with Gasteiger partial charge >= 0.3 is 20.0 Å². The quantitative estimate of drug-likeness (QED) is 0.236. The molecule has 8 nitrogen and oxygen atoms in total. The van der Waals surface area contributed by atoms with Gasteiger partial charge in [0.1, 0.15) is 11.5 Å². The van der Waals surface area contributed by atoms with Gasteiger partial charge in [-0.3, -0.25) is 0 Å². The van der Waals surface area contributed by atoms with E-state index in [1.165, 1.54) is 0 Å². The standard InChI is InChI=1S/C9H16N2O2Si.C8H14N2O2Si/c1-7(6-10)12-14-13-9-4-2-8(11)3-5-9;9-5-6-11-13-12-8-3-1-7(10)2-4-8/h2-5,7H,6,10-11,14H2,1H3;1-4H,5-6,9-10,13H2. The summed E-state index contributed by atoms with van der Waals surface area (Å²) in [5.41, 5.74) is 23.2. The zero-order chi connectivity index (χ0) is 19.9. The summed E-state index contributed by atoms with van der Waals surface area (Å²) in [4.78, 5) is 0. The summed E-state index contributed by atoms with van der Waals surface area (Å²) >= 11 is 0. The van der Waals surface area contributed by atoms with Crippen LogP contribution < -0.4 is 31.8 Å². The summed E-state index contributed by atoms with van der Waals surface area (Å²) < 4.78 is 21.4. The van der Waals surface area contributed by atoms with Crippen molar-refractivity contribution in [2.45, 2.75) is 13.0 Å². The molecule has 0 aromatic heterocycles. The van der Waals surface area contributed by atoms with Crippen molar-refractivity contribution in [2.75, 3.05) is 31.2 Å². The number of nitrogens with two attached hydrogens (primary N) is 4. The molecule has 0 radical (unpaired) electrons. The Morgan fingerprint density at radius 1 is 0.815 bits per heavy atom. The number of anilines is 2. The lowest BCUT2D eigenvalue weighted by Gasteiger charge is -2.11. The molecule has 0 spiro atoms. The fraction of sp³-hybridized carbons (Fsp3) is 0.294. The Morgan fingerprint density at radius 2 is 1.30 bits per heavy atom. The molecule has 27 heavy (non-hydrogen) atoms. The van der Waals surface area contributed by atoms with Crippen LogP contribution in [0.4, 0.5) is 11.4 Å². The molecule has 0 saturated heterocycles. The summed E-state index contributed by atoms with van der Waals surface area (Å²) in [5.74, 6) is 1.60. The first-order valence-corrected chi connectivity index (χ1v) is 10.9. The number of hydrogen-bond acceptors (Lipinski definition) is 8. The highest BCUT2D eigenvalue weighted by atomic mass is 28.3. The molecule has 0 bridgehead atoms. The summed E-state index contributed by atoms with van der Waals surface area (Å²) in [6.07, 6.45) is 0.0791. The highest BCUT2D eigenvalue weighted by molar-refractivity contribution is 6.19. The first kappa shape index (κ1) is 23.0. The first-order valence-electron chi connectivity index (χ1n) is 8.61. The van der Waals surface area contributed by atoms with Gasteiger partial charge in [0, 0.05) is 31.1 Å². The van der Waals surface area contributed by atoms with Gasteiger partial charge in [-0.05, 0) is 55.5 Å². The number of rotatable bonds is 10. The van der Waals surface area contributed by atoms with E-state index >= 15 is 0 Å². The van der Waals surface area contributed by atoms with Crippen LogP contribution in [-0.4, -0.2) is 45.8 Å². The van der Waals surface area contributed by atoms with Crippen LogP contribution in [0.15, 0.2) is 48.5 Å². The second-order valence-corrected chi connectivity index (χ2v) is 7.36. The monoisotopic (exact) mass is 410 g/mol. The van der Waals surface area contributed by atoms with Crippen molar-refractivity contribution in [1.82, 2.24) is 0 Å². The Bertz CT molecular complexity index is 617. The second kappa shape index (κ2) is 14.0. The van der Waals surface area contributed by atoms with Gasteiger partial charge in [0.2, 0.25) is 0 Å². The summed E-state index contributed by atoms with van der Waals surface area (Å²) in [5, 5.41) is 0. The first-order chi connectivity index (χ1) is 13.0. The SMILES string of the molecule is CC(CN)O[SiH2]Oc1ccc(N)cc1.NCCO[SiH2]Oc1ccc(N)cc1. The van der Waals surface area contributed by atoms with Gasteiger partial charge in [-0.2, -0.15) is 0 Å². The molecule has 0 fully saturated rings. The molecule has 150 valence electrons. The summed E-state index contributed by atoms with van der Waals surface area (Å²) in [6, 6.07) is 14.5. The Balaban J connectivity index is 0.000000271. The normalized spacial score (nSPS) is 12.1. The third kappa shape index (κ3) is 11.3. The van der Waals surface area contributed by atoms with E-state index in [4.69, 9.17) is 40.6 Å². The zero-order valence-electron chi connectivity index (χ0n) is 15.7. The molecule has 0 aliphatic carbocycles. The van der Waals surface area contributed by atoms with E-state index in [1.54, 1.807) is 24.3 Å². The van der Waals surface area contributed by atoms with Gasteiger partial charge < -0.3 is 40.6 Å². The predicted molar refractivity (Wildman–Crippen MR) is 115 cm³/mol. The van der Waals surface area contributed by atoms with Crippen LogP contribution in [0.5, 0.6) is 11.5 Å². The Morgan fingerprint density at radius 3 is 1.74 bits per heavy atom. The molecule has 10 heteroatoms. The number of nitrogen functional groups attached to an aromatic ring is 2. The fourth-order valence-corrected chi connectivity index (χ4v) is 3.13. The lowest BCUT2D eigenvalue weighted by molar-refractivity contribution is 0.211. The maximum Gasteiger partial charge on any atom is 0.366 e. The highest BCUT2D eigenvalue weighted by Crippen LogP contribution is 2.13. The van der Waals surface area contributed by atoms with Crippen LogP contribution in [0.1, 0.15) is 6.92 Å². The van der Waals surface area contributed by atoms with Crippen molar-refractivity contribution < 1.29 is 17.7 Å². The van der Waals surface area contributed by atoms with Gasteiger partial charge in [-0.15, -0.1) is 0 Å². The van der Waals surface area contributed by atoms with Crippen molar-refractivity contribution in [3.63, 3.8) is 0 Å². The van der Waals surface area contributed by atoms with Crippen molar-refractivity contribution in [3.05, 3.63) is 48.5 Å². The maximum atomic E-state index is 5.53. The summed E-state index contributed by atoms with van der Waals surface area (Å²) in [6.45, 7) is 3.57. The van der Waals surface area contributed by atoms with Gasteiger partial charge in [0.05, 0.1) is 6.10 Å². The molecule has 1 unspecified atom stereocenters. The zero-order valence-corrected chi connectivity index (χ0v) is 18.5. The number of benzene rings is 2. The van der Waals surface area contributed by atoms with E-state index in [-0.39, 0.29) is 6.10 Å². The average Bonchev–Trinajstić information content (AvgIpc) is 2.68. The maximum absolute atomic E-state index is 5.53. The summed E-state index contributed by atoms with van der Waals surface area (Å²) in [7, 11) is -1.91. The molecule has 0 amide bonds. The molecule has 2 rings (SSSR count). The minimum Gasteiger partial charge on any atom is -0.525 e. The molecular formula is C17H30N4O4Si2. The van der Waals surface area contributed by atoms with E-state index in [2.05, 4.69) is 0 Å². The van der Waals surface area contributed by atoms with Crippen molar-refractivity contribution in [2.24, 2.45) is 11.5 Å². The highest BCUT2D eigenvalue weighted by Gasteiger charge is 1.99. The van der Waals surface area contributed by atoms with Crippen molar-refractivity contribution >= 4 is 31.4 Å². The minimum atomic E-state index is -0.979. The molecule has 0 aliphatic heterocycles. The average molecular weight is 411 g/mol. The lowest BCUT2D eigenvalue weighted by Crippen LogP contribution is -2.24. The van der Waals surface area contributed by atoms with Crippen LogP contribution in [-0.2, 0) is 8.85 Å². The topological polar surface area (TPSA) is 141 Å². The lowest BCUT2D eigenvalue weighted by atomic mass is 10.3. The van der Waals surface area contributed by atoms with E-state index in [0.29, 0.717) is 19.7 Å². The Kier molecular flexibility index (Phi) is 11.9.